The third kappa shape index (κ3) is 2.89. The molecule has 0 aliphatic heterocycles. The molecule has 1 nitrogen and oxygen atoms in total. The number of halogens is 2. The second kappa shape index (κ2) is 6.30. The molecular weight excluding hydrogens is 280 g/mol. The molecule has 2 aromatic rings. The number of hydrogen-bond donors (Lipinski definition) is 1. The Hall–Kier alpha value is -2.16. The summed E-state index contributed by atoms with van der Waals surface area (Å²) in [6, 6.07) is 3.42. The van der Waals surface area contributed by atoms with Crippen LogP contribution >= 0.6 is 0 Å². The van der Waals surface area contributed by atoms with Crippen molar-refractivity contribution in [1.29, 1.82) is 0 Å². The maximum atomic E-state index is 14.0. The number of nitrogens with one attached hydrogen (secondary N) is 1. The number of aryl methyl sites for hydroxylation is 1. The molecule has 0 saturated heterocycles. The average molecular weight is 301 g/mol. The molecule has 0 aliphatic rings. The summed E-state index contributed by atoms with van der Waals surface area (Å²) < 4.78 is 27.4. The molecule has 0 bridgehead atoms. The number of rotatable bonds is 5. The first-order valence-corrected chi connectivity index (χ1v) is 7.38. The standard InChI is InChI=1S/C19H21F2N/c1-6-7-11(2)19-13(4)18(14(5)22-19)12(3)16-10-15(20)8-9-17(16)21/h8-10,22H,2-3,6-7H2,1,4-5H3. The van der Waals surface area contributed by atoms with Crippen molar-refractivity contribution in [2.75, 3.05) is 0 Å². The van der Waals surface area contributed by atoms with Crippen molar-refractivity contribution in [2.45, 2.75) is 33.6 Å². The van der Waals surface area contributed by atoms with E-state index in [4.69, 9.17) is 0 Å². The molecule has 1 aromatic heterocycles. The van der Waals surface area contributed by atoms with Gasteiger partial charge >= 0.3 is 0 Å². The number of aromatic amines is 1. The number of aromatic nitrogens is 1. The van der Waals surface area contributed by atoms with E-state index in [1.807, 2.05) is 13.8 Å². The third-order valence-corrected chi connectivity index (χ3v) is 3.90. The summed E-state index contributed by atoms with van der Waals surface area (Å²) in [7, 11) is 0. The Bertz CT molecular complexity index is 738. The van der Waals surface area contributed by atoms with Crippen molar-refractivity contribution < 1.29 is 8.78 Å². The normalized spacial score (nSPS) is 10.8. The van der Waals surface area contributed by atoms with Gasteiger partial charge in [0.2, 0.25) is 0 Å². The highest BCUT2D eigenvalue weighted by Crippen LogP contribution is 2.34. The monoisotopic (exact) mass is 301 g/mol. The molecule has 0 aliphatic carbocycles. The summed E-state index contributed by atoms with van der Waals surface area (Å²) in [6.07, 6.45) is 1.90. The van der Waals surface area contributed by atoms with Crippen LogP contribution in [0.4, 0.5) is 8.78 Å². The van der Waals surface area contributed by atoms with Crippen molar-refractivity contribution >= 4 is 11.1 Å². The Labute approximate surface area is 130 Å². The minimum Gasteiger partial charge on any atom is -0.358 e. The van der Waals surface area contributed by atoms with Gasteiger partial charge in [-0.05, 0) is 55.2 Å². The van der Waals surface area contributed by atoms with E-state index in [0.717, 1.165) is 53.1 Å². The van der Waals surface area contributed by atoms with Crippen LogP contribution in [0.1, 0.15) is 47.8 Å². The van der Waals surface area contributed by atoms with Gasteiger partial charge in [-0.3, -0.25) is 0 Å². The van der Waals surface area contributed by atoms with Crippen LogP contribution in [0.2, 0.25) is 0 Å². The lowest BCUT2D eigenvalue weighted by Gasteiger charge is -2.10. The lowest BCUT2D eigenvalue weighted by atomic mass is 9.94. The van der Waals surface area contributed by atoms with Crippen molar-refractivity contribution in [3.63, 3.8) is 0 Å². The van der Waals surface area contributed by atoms with Crippen LogP contribution in [0.5, 0.6) is 0 Å². The molecule has 0 unspecified atom stereocenters. The Morgan fingerprint density at radius 2 is 1.86 bits per heavy atom. The van der Waals surface area contributed by atoms with E-state index in [2.05, 4.69) is 25.1 Å². The predicted octanol–water partition coefficient (Wildman–Crippen LogP) is 5.78. The minimum absolute atomic E-state index is 0.192. The SMILES string of the molecule is C=C(CCC)c1[nH]c(C)c(C(=C)c2cc(F)ccc2F)c1C. The van der Waals surface area contributed by atoms with Gasteiger partial charge in [-0.1, -0.05) is 26.5 Å². The molecular formula is C19H21F2N. The number of hydrogen-bond acceptors (Lipinski definition) is 0. The van der Waals surface area contributed by atoms with E-state index >= 15 is 0 Å². The quantitative estimate of drug-likeness (QED) is 0.720. The predicted molar refractivity (Wildman–Crippen MR) is 88.7 cm³/mol. The molecule has 2 rings (SSSR count). The van der Waals surface area contributed by atoms with Crippen LogP contribution in [0.15, 0.2) is 31.4 Å². The minimum atomic E-state index is -0.473. The van der Waals surface area contributed by atoms with Crippen LogP contribution in [0.25, 0.3) is 11.1 Å². The van der Waals surface area contributed by atoms with Crippen molar-refractivity contribution in [3.8, 4) is 0 Å². The number of allylic oxidation sites excluding steroid dienone is 1. The first kappa shape index (κ1) is 16.2. The van der Waals surface area contributed by atoms with Crippen molar-refractivity contribution in [3.05, 3.63) is 71.1 Å². The zero-order chi connectivity index (χ0) is 16.4. The van der Waals surface area contributed by atoms with Gasteiger partial charge in [0.05, 0.1) is 0 Å². The van der Waals surface area contributed by atoms with E-state index in [0.29, 0.717) is 5.57 Å². The van der Waals surface area contributed by atoms with E-state index in [1.165, 1.54) is 6.07 Å². The van der Waals surface area contributed by atoms with E-state index in [1.54, 1.807) is 0 Å². The van der Waals surface area contributed by atoms with Gasteiger partial charge in [0, 0.05) is 22.5 Å². The van der Waals surface area contributed by atoms with Crippen molar-refractivity contribution in [1.82, 2.24) is 4.98 Å². The van der Waals surface area contributed by atoms with Crippen molar-refractivity contribution in [2.24, 2.45) is 0 Å². The molecule has 0 fully saturated rings. The molecule has 116 valence electrons. The van der Waals surface area contributed by atoms with Gasteiger partial charge < -0.3 is 4.98 Å². The summed E-state index contributed by atoms with van der Waals surface area (Å²) in [5.74, 6) is -0.945. The molecule has 0 atom stereocenters. The topological polar surface area (TPSA) is 15.8 Å². The third-order valence-electron chi connectivity index (χ3n) is 3.90. The largest absolute Gasteiger partial charge is 0.358 e. The first-order valence-electron chi connectivity index (χ1n) is 7.38. The Balaban J connectivity index is 2.51. The molecule has 1 aromatic carbocycles. The summed E-state index contributed by atoms with van der Waals surface area (Å²) in [5.41, 5.74) is 5.35. The van der Waals surface area contributed by atoms with Gasteiger partial charge in [0.25, 0.3) is 0 Å². The fourth-order valence-electron chi connectivity index (χ4n) is 2.85. The second-order valence-electron chi connectivity index (χ2n) is 5.58. The Morgan fingerprint density at radius 1 is 1.18 bits per heavy atom. The highest BCUT2D eigenvalue weighted by atomic mass is 19.1. The van der Waals surface area contributed by atoms with Gasteiger partial charge in [-0.15, -0.1) is 0 Å². The lowest BCUT2D eigenvalue weighted by Crippen LogP contribution is -1.95. The van der Waals surface area contributed by atoms with Gasteiger partial charge in [-0.2, -0.15) is 0 Å². The smallest absolute Gasteiger partial charge is 0.131 e. The Kier molecular flexibility index (Phi) is 4.65. The maximum Gasteiger partial charge on any atom is 0.131 e. The van der Waals surface area contributed by atoms with Crippen LogP contribution < -0.4 is 0 Å². The van der Waals surface area contributed by atoms with Crippen LogP contribution in [-0.4, -0.2) is 4.98 Å². The van der Waals surface area contributed by atoms with E-state index < -0.39 is 11.6 Å². The Morgan fingerprint density at radius 3 is 2.50 bits per heavy atom. The highest BCUT2D eigenvalue weighted by Gasteiger charge is 2.18. The lowest BCUT2D eigenvalue weighted by molar-refractivity contribution is 0.597. The molecule has 0 saturated carbocycles. The van der Waals surface area contributed by atoms with Crippen LogP contribution in [0.3, 0.4) is 0 Å². The summed E-state index contributed by atoms with van der Waals surface area (Å²) >= 11 is 0. The van der Waals surface area contributed by atoms with Crippen LogP contribution in [-0.2, 0) is 0 Å². The maximum absolute atomic E-state index is 14.0. The number of benzene rings is 1. The molecule has 22 heavy (non-hydrogen) atoms. The zero-order valence-electron chi connectivity index (χ0n) is 13.3. The van der Waals surface area contributed by atoms with Gasteiger partial charge in [-0.25, -0.2) is 8.78 Å². The molecule has 1 N–H and O–H groups in total. The highest BCUT2D eigenvalue weighted by molar-refractivity contribution is 5.84. The molecule has 1 heterocycles. The second-order valence-corrected chi connectivity index (χ2v) is 5.58. The first-order chi connectivity index (χ1) is 10.4. The molecule has 3 heteroatoms. The fourth-order valence-corrected chi connectivity index (χ4v) is 2.85. The summed E-state index contributed by atoms with van der Waals surface area (Å²) in [6.45, 7) is 14.0. The zero-order valence-corrected chi connectivity index (χ0v) is 13.3. The fraction of sp³-hybridized carbons (Fsp3) is 0.263. The summed E-state index contributed by atoms with van der Waals surface area (Å²) in [5, 5.41) is 0. The van der Waals surface area contributed by atoms with E-state index in [-0.39, 0.29) is 5.56 Å². The number of H-pyrrole nitrogens is 1. The van der Waals surface area contributed by atoms with Crippen LogP contribution in [0, 0.1) is 25.5 Å². The van der Waals surface area contributed by atoms with Gasteiger partial charge in [0.1, 0.15) is 11.6 Å². The average Bonchev–Trinajstić information content (AvgIpc) is 2.76. The van der Waals surface area contributed by atoms with E-state index in [9.17, 15) is 8.78 Å². The molecule has 0 spiro atoms. The molecule has 0 radical (unpaired) electrons. The van der Waals surface area contributed by atoms with Gasteiger partial charge in [0.15, 0.2) is 0 Å². The molecule has 0 amide bonds. The summed E-state index contributed by atoms with van der Waals surface area (Å²) in [4.78, 5) is 3.31.